The van der Waals surface area contributed by atoms with Crippen LogP contribution < -0.4 is 20.1 Å². The second-order valence-electron chi connectivity index (χ2n) is 6.47. The van der Waals surface area contributed by atoms with Crippen LogP contribution >= 0.6 is 0 Å². The Balaban J connectivity index is 1.80. The number of methoxy groups -OCH3 is 1. The van der Waals surface area contributed by atoms with Crippen molar-refractivity contribution >= 4 is 17.9 Å². The van der Waals surface area contributed by atoms with Gasteiger partial charge < -0.3 is 20.1 Å². The van der Waals surface area contributed by atoms with E-state index in [0.29, 0.717) is 24.6 Å². The van der Waals surface area contributed by atoms with Crippen LogP contribution in [0.3, 0.4) is 0 Å². The van der Waals surface area contributed by atoms with Gasteiger partial charge in [-0.2, -0.15) is 0 Å². The molecule has 0 saturated carbocycles. The molecule has 0 aliphatic rings. The first-order valence-electron chi connectivity index (χ1n) is 9.83. The zero-order valence-electron chi connectivity index (χ0n) is 17.2. The van der Waals surface area contributed by atoms with Gasteiger partial charge in [0.1, 0.15) is 6.61 Å². The smallest absolute Gasteiger partial charge is 0.243 e. The summed E-state index contributed by atoms with van der Waals surface area (Å²) in [5, 5.41) is 5.53. The molecule has 2 aromatic rings. The van der Waals surface area contributed by atoms with Crippen molar-refractivity contribution < 1.29 is 19.1 Å². The lowest BCUT2D eigenvalue weighted by Gasteiger charge is -2.11. The second-order valence-corrected chi connectivity index (χ2v) is 6.47. The highest BCUT2D eigenvalue weighted by Gasteiger charge is 2.05. The van der Waals surface area contributed by atoms with Gasteiger partial charge in [0.05, 0.1) is 13.7 Å². The summed E-state index contributed by atoms with van der Waals surface area (Å²) in [6.07, 6.45) is 6.24. The van der Waals surface area contributed by atoms with E-state index in [1.807, 2.05) is 24.3 Å². The fourth-order valence-corrected chi connectivity index (χ4v) is 2.70. The molecule has 30 heavy (non-hydrogen) atoms. The van der Waals surface area contributed by atoms with E-state index in [1.165, 1.54) is 17.7 Å². The van der Waals surface area contributed by atoms with Crippen LogP contribution in [-0.4, -0.2) is 38.6 Å². The third-order valence-corrected chi connectivity index (χ3v) is 4.24. The number of aryl methyl sites for hydroxylation is 1. The van der Waals surface area contributed by atoms with Crippen molar-refractivity contribution in [2.24, 2.45) is 0 Å². The van der Waals surface area contributed by atoms with Crippen LogP contribution in [0.25, 0.3) is 6.08 Å². The topological polar surface area (TPSA) is 76.7 Å². The summed E-state index contributed by atoms with van der Waals surface area (Å²) in [6, 6.07) is 15.6. The van der Waals surface area contributed by atoms with E-state index in [9.17, 15) is 9.59 Å². The number of carbonyl (C=O) groups is 2. The Labute approximate surface area is 177 Å². The summed E-state index contributed by atoms with van der Waals surface area (Å²) in [6.45, 7) is 4.64. The molecule has 0 fully saturated rings. The fourth-order valence-electron chi connectivity index (χ4n) is 2.70. The minimum absolute atomic E-state index is 0.145. The van der Waals surface area contributed by atoms with Gasteiger partial charge in [0, 0.05) is 12.6 Å². The molecule has 0 radical (unpaired) electrons. The van der Waals surface area contributed by atoms with Crippen LogP contribution in [0.1, 0.15) is 17.5 Å². The Morgan fingerprint density at radius 3 is 2.50 bits per heavy atom. The van der Waals surface area contributed by atoms with Gasteiger partial charge in [0.15, 0.2) is 11.5 Å². The van der Waals surface area contributed by atoms with E-state index < -0.39 is 0 Å². The summed E-state index contributed by atoms with van der Waals surface area (Å²) in [4.78, 5) is 23.2. The highest BCUT2D eigenvalue weighted by molar-refractivity contribution is 5.91. The average Bonchev–Trinajstić information content (AvgIpc) is 2.78. The van der Waals surface area contributed by atoms with Gasteiger partial charge in [0.2, 0.25) is 11.8 Å². The molecule has 158 valence electrons. The zero-order valence-corrected chi connectivity index (χ0v) is 17.2. The Kier molecular flexibility index (Phi) is 9.73. The second kappa shape index (κ2) is 12.8. The first-order valence-corrected chi connectivity index (χ1v) is 9.83. The maximum Gasteiger partial charge on any atom is 0.243 e. The largest absolute Gasteiger partial charge is 0.493 e. The summed E-state index contributed by atoms with van der Waals surface area (Å²) in [5.41, 5.74) is 2.07. The van der Waals surface area contributed by atoms with E-state index >= 15 is 0 Å². The molecule has 0 spiro atoms. The van der Waals surface area contributed by atoms with E-state index in [4.69, 9.17) is 9.47 Å². The first-order chi connectivity index (χ1) is 14.6. The van der Waals surface area contributed by atoms with Gasteiger partial charge in [-0.15, -0.1) is 0 Å². The van der Waals surface area contributed by atoms with Gasteiger partial charge in [0.25, 0.3) is 0 Å². The molecule has 0 bridgehead atoms. The number of rotatable bonds is 12. The van der Waals surface area contributed by atoms with E-state index in [2.05, 4.69) is 29.3 Å². The minimum atomic E-state index is -0.253. The molecule has 2 aromatic carbocycles. The summed E-state index contributed by atoms with van der Waals surface area (Å²) in [7, 11) is 1.56. The number of benzene rings is 2. The van der Waals surface area contributed by atoms with Crippen LogP contribution in [0.5, 0.6) is 11.5 Å². The number of hydrogen-bond acceptors (Lipinski definition) is 4. The highest BCUT2D eigenvalue weighted by atomic mass is 16.5. The van der Waals surface area contributed by atoms with Crippen molar-refractivity contribution in [2.75, 3.05) is 26.8 Å². The maximum absolute atomic E-state index is 12.0. The van der Waals surface area contributed by atoms with Crippen LogP contribution in [-0.2, 0) is 16.0 Å². The lowest BCUT2D eigenvalue weighted by atomic mass is 10.1. The maximum atomic E-state index is 12.0. The van der Waals surface area contributed by atoms with Crippen molar-refractivity contribution in [1.82, 2.24) is 10.6 Å². The molecular weight excluding hydrogens is 380 g/mol. The number of amides is 2. The van der Waals surface area contributed by atoms with E-state index in [0.717, 1.165) is 18.4 Å². The molecule has 2 amide bonds. The fraction of sp³-hybridized carbons (Fsp3) is 0.250. The molecule has 0 atom stereocenters. The van der Waals surface area contributed by atoms with Crippen molar-refractivity contribution in [3.63, 3.8) is 0 Å². The SMILES string of the molecule is C=CC(=O)NCCOc1cc(/C=C\C(=O)NCCCc2ccccc2)ccc1OC. The number of ether oxygens (including phenoxy) is 2. The monoisotopic (exact) mass is 408 g/mol. The van der Waals surface area contributed by atoms with Gasteiger partial charge in [-0.05, 0) is 48.3 Å². The summed E-state index contributed by atoms with van der Waals surface area (Å²) < 4.78 is 11.0. The number of carbonyl (C=O) groups excluding carboxylic acids is 2. The van der Waals surface area contributed by atoms with E-state index in [-0.39, 0.29) is 18.4 Å². The third kappa shape index (κ3) is 8.22. The van der Waals surface area contributed by atoms with Crippen molar-refractivity contribution in [3.8, 4) is 11.5 Å². The zero-order chi connectivity index (χ0) is 21.6. The Hall–Kier alpha value is -3.54. The summed E-state index contributed by atoms with van der Waals surface area (Å²) in [5.74, 6) is 0.717. The van der Waals surface area contributed by atoms with Gasteiger partial charge in [-0.1, -0.05) is 43.0 Å². The highest BCUT2D eigenvalue weighted by Crippen LogP contribution is 2.28. The predicted octanol–water partition coefficient (Wildman–Crippen LogP) is 3.14. The molecule has 6 nitrogen and oxygen atoms in total. The molecule has 0 saturated heterocycles. The summed E-state index contributed by atoms with van der Waals surface area (Å²) >= 11 is 0. The van der Waals surface area contributed by atoms with Crippen molar-refractivity contribution in [3.05, 3.63) is 78.4 Å². The van der Waals surface area contributed by atoms with Gasteiger partial charge in [-0.25, -0.2) is 0 Å². The standard InChI is InChI=1S/C24H28N2O4/c1-3-23(27)26-16-17-30-22-18-20(11-13-21(22)29-2)12-14-24(28)25-15-7-10-19-8-5-4-6-9-19/h3-6,8-9,11-14,18H,1,7,10,15-17H2,2H3,(H,25,28)(H,26,27)/b14-12-. The molecule has 0 aromatic heterocycles. The number of nitrogens with one attached hydrogen (secondary N) is 2. The first kappa shape index (κ1) is 22.7. The Bertz CT molecular complexity index is 863. The normalized spacial score (nSPS) is 10.4. The molecule has 2 rings (SSSR count). The van der Waals surface area contributed by atoms with Gasteiger partial charge in [-0.3, -0.25) is 9.59 Å². The minimum Gasteiger partial charge on any atom is -0.493 e. The lowest BCUT2D eigenvalue weighted by Crippen LogP contribution is -2.26. The Morgan fingerprint density at radius 1 is 1.00 bits per heavy atom. The Morgan fingerprint density at radius 2 is 1.77 bits per heavy atom. The van der Waals surface area contributed by atoms with Crippen molar-refractivity contribution in [1.29, 1.82) is 0 Å². The molecule has 0 aliphatic heterocycles. The van der Waals surface area contributed by atoms with Crippen LogP contribution in [0.2, 0.25) is 0 Å². The quantitative estimate of drug-likeness (QED) is 0.418. The predicted molar refractivity (Wildman–Crippen MR) is 119 cm³/mol. The molecular formula is C24H28N2O4. The van der Waals surface area contributed by atoms with E-state index in [1.54, 1.807) is 25.3 Å². The third-order valence-electron chi connectivity index (χ3n) is 4.24. The lowest BCUT2D eigenvalue weighted by molar-refractivity contribution is -0.117. The van der Waals surface area contributed by atoms with Crippen LogP contribution in [0.15, 0.2) is 67.3 Å². The average molecular weight is 408 g/mol. The number of hydrogen-bond donors (Lipinski definition) is 2. The van der Waals surface area contributed by atoms with Crippen LogP contribution in [0, 0.1) is 0 Å². The van der Waals surface area contributed by atoms with Crippen molar-refractivity contribution in [2.45, 2.75) is 12.8 Å². The molecule has 0 heterocycles. The van der Waals surface area contributed by atoms with Gasteiger partial charge >= 0.3 is 0 Å². The molecule has 0 unspecified atom stereocenters. The molecule has 2 N–H and O–H groups in total. The molecule has 6 heteroatoms. The molecule has 0 aliphatic carbocycles. The van der Waals surface area contributed by atoms with Crippen LogP contribution in [0.4, 0.5) is 0 Å².